The van der Waals surface area contributed by atoms with Gasteiger partial charge in [-0.1, -0.05) is 11.6 Å². The number of nitrogens with zero attached hydrogens (tertiary/aromatic N) is 6. The number of likely N-dealkylation sites (tertiary alicyclic amines) is 1. The fourth-order valence-corrected chi connectivity index (χ4v) is 5.61. The van der Waals surface area contributed by atoms with Crippen LogP contribution in [0.5, 0.6) is 5.75 Å². The molecule has 0 unspecified atom stereocenters. The van der Waals surface area contributed by atoms with Crippen molar-refractivity contribution in [3.05, 3.63) is 71.1 Å². The third kappa shape index (κ3) is 6.55. The van der Waals surface area contributed by atoms with Gasteiger partial charge in [0.2, 0.25) is 5.82 Å². The van der Waals surface area contributed by atoms with Gasteiger partial charge >= 0.3 is 0 Å². The second-order valence-electron chi connectivity index (χ2n) is 11.5. The highest BCUT2D eigenvalue weighted by Crippen LogP contribution is 2.32. The number of rotatable bonds is 9. The van der Waals surface area contributed by atoms with Crippen molar-refractivity contribution < 1.29 is 22.8 Å². The molecule has 9 nitrogen and oxygen atoms in total. The Kier molecular flexibility index (Phi) is 8.80. The number of piperidine rings is 1. The molecule has 12 heteroatoms. The van der Waals surface area contributed by atoms with E-state index in [-0.39, 0.29) is 17.2 Å². The molecule has 2 aromatic carbocycles. The molecule has 0 bridgehead atoms. The van der Waals surface area contributed by atoms with Crippen LogP contribution in [-0.4, -0.2) is 77.0 Å². The minimum atomic E-state index is -1.19. The number of benzene rings is 2. The first-order chi connectivity index (χ1) is 20.6. The lowest BCUT2D eigenvalue weighted by Gasteiger charge is -2.37. The molecule has 0 radical (unpaired) electrons. The van der Waals surface area contributed by atoms with Crippen LogP contribution in [0.15, 0.2) is 48.9 Å². The zero-order valence-electron chi connectivity index (χ0n) is 24.3. The molecule has 1 N–H and O–H groups in total. The predicted octanol–water partition coefficient (Wildman–Crippen LogP) is 5.92. The molecule has 1 amide bonds. The number of anilines is 2. The number of quaternary nitrogens is 1. The first kappa shape index (κ1) is 30.2. The molecule has 0 spiro atoms. The number of fused-ring (bicyclic) bond motifs is 1. The van der Waals surface area contributed by atoms with E-state index in [9.17, 15) is 13.6 Å². The largest absolute Gasteiger partial charge is 0.476 e. The molecule has 0 saturated carbocycles. The summed E-state index contributed by atoms with van der Waals surface area (Å²) in [5, 5.41) is 12.1. The van der Waals surface area contributed by atoms with Crippen LogP contribution < -0.4 is 10.1 Å². The van der Waals surface area contributed by atoms with Crippen LogP contribution in [0.1, 0.15) is 29.6 Å². The maximum atomic E-state index is 14.9. The van der Waals surface area contributed by atoms with Crippen molar-refractivity contribution in [2.24, 2.45) is 5.92 Å². The second kappa shape index (κ2) is 12.5. The Morgan fingerprint density at radius 2 is 1.98 bits per heavy atom. The SMILES string of the molecule is CN(CCC1CC[N+](C)(C)CC1)C(=O)c1ccc(Nc2nccn3c(-c4ccc(OCC#N)c(F)c4F)cnc23)cc1Cl. The number of hydrogen-bond acceptors (Lipinski definition) is 6. The minimum absolute atomic E-state index is 0.0343. The van der Waals surface area contributed by atoms with Crippen LogP contribution in [-0.2, 0) is 0 Å². The normalized spacial score (nSPS) is 14.8. The lowest BCUT2D eigenvalue weighted by Crippen LogP contribution is -2.46. The van der Waals surface area contributed by atoms with Gasteiger partial charge in [0.1, 0.15) is 6.07 Å². The molecule has 0 atom stereocenters. The smallest absolute Gasteiger partial charge is 0.255 e. The molecule has 0 aliphatic carbocycles. The number of nitriles is 1. The minimum Gasteiger partial charge on any atom is -0.476 e. The highest BCUT2D eigenvalue weighted by atomic mass is 35.5. The Labute approximate surface area is 253 Å². The summed E-state index contributed by atoms with van der Waals surface area (Å²) in [7, 11) is 6.32. The summed E-state index contributed by atoms with van der Waals surface area (Å²) in [5.41, 5.74) is 1.61. The van der Waals surface area contributed by atoms with E-state index in [4.69, 9.17) is 21.6 Å². The summed E-state index contributed by atoms with van der Waals surface area (Å²) in [6.07, 6.45) is 7.81. The van der Waals surface area contributed by atoms with Crippen molar-refractivity contribution in [2.45, 2.75) is 19.3 Å². The fourth-order valence-electron chi connectivity index (χ4n) is 5.35. The van der Waals surface area contributed by atoms with Crippen LogP contribution in [0.3, 0.4) is 0 Å². The first-order valence-electron chi connectivity index (χ1n) is 14.0. The van der Waals surface area contributed by atoms with Gasteiger partial charge in [0.05, 0.1) is 49.7 Å². The molecular formula is C31H33ClF2N7O2+. The Balaban J connectivity index is 1.29. The Hall–Kier alpha value is -4.27. The maximum absolute atomic E-state index is 14.9. The van der Waals surface area contributed by atoms with Crippen LogP contribution in [0.2, 0.25) is 5.02 Å². The Bertz CT molecular complexity index is 1690. The zero-order chi connectivity index (χ0) is 30.7. The van der Waals surface area contributed by atoms with E-state index in [1.165, 1.54) is 37.4 Å². The number of amides is 1. The van der Waals surface area contributed by atoms with E-state index < -0.39 is 18.2 Å². The Morgan fingerprint density at radius 3 is 2.70 bits per heavy atom. The number of aromatic nitrogens is 3. The summed E-state index contributed by atoms with van der Waals surface area (Å²) in [5.74, 6) is -1.83. The van der Waals surface area contributed by atoms with Crippen molar-refractivity contribution in [1.29, 1.82) is 5.26 Å². The summed E-state index contributed by atoms with van der Waals surface area (Å²) < 4.78 is 37.1. The number of hydrogen-bond donors (Lipinski definition) is 1. The highest BCUT2D eigenvalue weighted by molar-refractivity contribution is 6.34. The molecule has 4 aromatic rings. The number of halogens is 3. The molecule has 1 saturated heterocycles. The summed E-state index contributed by atoms with van der Waals surface area (Å²) in [6.45, 7) is 2.59. The highest BCUT2D eigenvalue weighted by Gasteiger charge is 2.27. The van der Waals surface area contributed by atoms with Gasteiger partial charge in [-0.3, -0.25) is 9.20 Å². The van der Waals surface area contributed by atoms with E-state index >= 15 is 0 Å². The molecule has 3 heterocycles. The number of imidazole rings is 1. The van der Waals surface area contributed by atoms with E-state index in [0.717, 1.165) is 24.0 Å². The lowest BCUT2D eigenvalue weighted by molar-refractivity contribution is -0.896. The molecule has 1 aliphatic heterocycles. The van der Waals surface area contributed by atoms with E-state index in [2.05, 4.69) is 29.4 Å². The van der Waals surface area contributed by atoms with Gasteiger partial charge in [0, 0.05) is 37.2 Å². The average molecular weight is 609 g/mol. The van der Waals surface area contributed by atoms with Crippen molar-refractivity contribution >= 4 is 34.7 Å². The standard InChI is InChI=1S/C31H32ClF2N7O2/c1-39(13-8-20-9-15-41(2,3)16-10-20)31(42)22-5-4-21(18-24(22)32)38-29-30-37-19-25(40(30)14-12-36-29)23-6-7-26(43-17-11-35)28(34)27(23)33/h4-7,12,14,18-20H,8-10,13,15-17H2,1-3H3/p+1. The van der Waals surface area contributed by atoms with Crippen LogP contribution in [0.4, 0.5) is 20.3 Å². The molecule has 5 rings (SSSR count). The van der Waals surface area contributed by atoms with Gasteiger partial charge in [-0.2, -0.15) is 9.65 Å². The molecular weight excluding hydrogens is 576 g/mol. The fraction of sp³-hybridized carbons (Fsp3) is 0.355. The summed E-state index contributed by atoms with van der Waals surface area (Å²) >= 11 is 6.56. The molecule has 224 valence electrons. The van der Waals surface area contributed by atoms with Gasteiger partial charge in [-0.25, -0.2) is 14.4 Å². The maximum Gasteiger partial charge on any atom is 0.255 e. The summed E-state index contributed by atoms with van der Waals surface area (Å²) in [4.78, 5) is 23.6. The van der Waals surface area contributed by atoms with Crippen molar-refractivity contribution in [3.63, 3.8) is 0 Å². The van der Waals surface area contributed by atoms with E-state index in [1.807, 2.05) is 0 Å². The number of carbonyl (C=O) groups is 1. The monoisotopic (exact) mass is 608 g/mol. The number of ether oxygens (including phenoxy) is 1. The van der Waals surface area contributed by atoms with Crippen molar-refractivity contribution in [1.82, 2.24) is 19.3 Å². The van der Waals surface area contributed by atoms with E-state index in [1.54, 1.807) is 46.8 Å². The average Bonchev–Trinajstić information content (AvgIpc) is 3.42. The topological polar surface area (TPSA) is 95.5 Å². The molecule has 1 aliphatic rings. The molecule has 2 aromatic heterocycles. The predicted molar refractivity (Wildman–Crippen MR) is 160 cm³/mol. The summed E-state index contributed by atoms with van der Waals surface area (Å²) in [6, 6.07) is 9.41. The van der Waals surface area contributed by atoms with Crippen LogP contribution in [0.25, 0.3) is 16.9 Å². The molecule has 1 fully saturated rings. The zero-order valence-corrected chi connectivity index (χ0v) is 25.0. The first-order valence-corrected chi connectivity index (χ1v) is 14.4. The third-order valence-electron chi connectivity index (χ3n) is 8.01. The van der Waals surface area contributed by atoms with Crippen LogP contribution in [0, 0.1) is 28.9 Å². The van der Waals surface area contributed by atoms with Crippen LogP contribution >= 0.6 is 11.6 Å². The quantitative estimate of drug-likeness (QED) is 0.237. The van der Waals surface area contributed by atoms with Gasteiger partial charge < -0.3 is 19.4 Å². The van der Waals surface area contributed by atoms with Crippen molar-refractivity contribution in [2.75, 3.05) is 52.7 Å². The molecule has 43 heavy (non-hydrogen) atoms. The lowest BCUT2D eigenvalue weighted by atomic mass is 9.92. The van der Waals surface area contributed by atoms with Crippen molar-refractivity contribution in [3.8, 4) is 23.1 Å². The van der Waals surface area contributed by atoms with Gasteiger partial charge in [0.15, 0.2) is 29.6 Å². The third-order valence-corrected chi connectivity index (χ3v) is 8.32. The van der Waals surface area contributed by atoms with Gasteiger partial charge in [-0.05, 0) is 55.5 Å². The number of carbonyl (C=O) groups excluding carboxylic acids is 1. The second-order valence-corrected chi connectivity index (χ2v) is 11.9. The number of nitrogens with one attached hydrogen (secondary N) is 1. The van der Waals surface area contributed by atoms with Gasteiger partial charge in [0.25, 0.3) is 5.91 Å². The van der Waals surface area contributed by atoms with Gasteiger partial charge in [-0.15, -0.1) is 0 Å². The van der Waals surface area contributed by atoms with E-state index in [0.29, 0.717) is 45.9 Å². The Morgan fingerprint density at radius 1 is 1.21 bits per heavy atom.